The van der Waals surface area contributed by atoms with E-state index in [9.17, 15) is 0 Å². The molecule has 0 unspecified atom stereocenters. The fraction of sp³-hybridized carbons (Fsp3) is 0.400. The Bertz CT molecular complexity index is 570. The van der Waals surface area contributed by atoms with Crippen LogP contribution in [0.4, 0.5) is 0 Å². The van der Waals surface area contributed by atoms with E-state index in [4.69, 9.17) is 10.5 Å². The molecule has 2 N–H and O–H groups in total. The van der Waals surface area contributed by atoms with Crippen molar-refractivity contribution < 1.29 is 4.74 Å². The summed E-state index contributed by atoms with van der Waals surface area (Å²) in [4.78, 5) is 4.51. The van der Waals surface area contributed by atoms with Crippen LogP contribution in [-0.4, -0.2) is 10.6 Å². The summed E-state index contributed by atoms with van der Waals surface area (Å²) in [5.41, 5.74) is 8.52. The molecule has 1 aromatic heterocycles. The van der Waals surface area contributed by atoms with Gasteiger partial charge in [0.25, 0.3) is 0 Å². The molecule has 0 amide bonds. The number of aromatic nitrogens is 1. The monoisotopic (exact) mass is 244 g/mol. The zero-order valence-corrected chi connectivity index (χ0v) is 11.4. The van der Waals surface area contributed by atoms with Gasteiger partial charge < -0.3 is 10.5 Å². The molecule has 0 aliphatic rings. The molecule has 0 bridgehead atoms. The van der Waals surface area contributed by atoms with E-state index >= 15 is 0 Å². The summed E-state index contributed by atoms with van der Waals surface area (Å²) >= 11 is 0. The fourth-order valence-electron chi connectivity index (χ4n) is 1.96. The number of ether oxygens (including phenoxy) is 1. The van der Waals surface area contributed by atoms with Crippen molar-refractivity contribution in [3.05, 3.63) is 35.5 Å². The van der Waals surface area contributed by atoms with Gasteiger partial charge in [-0.1, -0.05) is 0 Å². The van der Waals surface area contributed by atoms with Crippen LogP contribution >= 0.6 is 0 Å². The summed E-state index contributed by atoms with van der Waals surface area (Å²) in [7, 11) is 0. The Morgan fingerprint density at radius 3 is 2.56 bits per heavy atom. The van der Waals surface area contributed by atoms with Gasteiger partial charge in [-0.15, -0.1) is 0 Å². The maximum Gasteiger partial charge on any atom is 0.120 e. The molecule has 0 atom stereocenters. The van der Waals surface area contributed by atoms with Gasteiger partial charge in [0.15, 0.2) is 0 Å². The average Bonchev–Trinajstić information content (AvgIpc) is 2.27. The third kappa shape index (κ3) is 2.79. The maximum absolute atomic E-state index is 5.87. The molecule has 0 aliphatic carbocycles. The first-order valence-corrected chi connectivity index (χ1v) is 6.18. The average molecular weight is 244 g/mol. The Kier molecular flexibility index (Phi) is 3.26. The molecule has 0 radical (unpaired) electrons. The van der Waals surface area contributed by atoms with Crippen molar-refractivity contribution in [1.82, 2.24) is 4.98 Å². The summed E-state index contributed by atoms with van der Waals surface area (Å²) in [5.74, 6) is 0.875. The topological polar surface area (TPSA) is 48.1 Å². The lowest BCUT2D eigenvalue weighted by atomic mass is 10.1. The van der Waals surface area contributed by atoms with E-state index in [1.54, 1.807) is 0 Å². The second-order valence-corrected chi connectivity index (χ2v) is 5.53. The fourth-order valence-corrected chi connectivity index (χ4v) is 1.96. The Morgan fingerprint density at radius 1 is 1.22 bits per heavy atom. The first-order chi connectivity index (χ1) is 8.39. The molecule has 3 heteroatoms. The molecule has 1 heterocycles. The quantitative estimate of drug-likeness (QED) is 0.882. The summed E-state index contributed by atoms with van der Waals surface area (Å²) in [6.45, 7) is 8.67. The molecule has 0 spiro atoms. The van der Waals surface area contributed by atoms with Gasteiger partial charge in [0.05, 0.1) is 11.2 Å². The van der Waals surface area contributed by atoms with Gasteiger partial charge in [0.2, 0.25) is 0 Å². The predicted molar refractivity (Wildman–Crippen MR) is 74.8 cm³/mol. The molecule has 18 heavy (non-hydrogen) atoms. The largest absolute Gasteiger partial charge is 0.488 e. The third-order valence-corrected chi connectivity index (χ3v) is 2.67. The van der Waals surface area contributed by atoms with Crippen molar-refractivity contribution in [2.45, 2.75) is 39.8 Å². The predicted octanol–water partition coefficient (Wildman–Crippen LogP) is 3.18. The van der Waals surface area contributed by atoms with Gasteiger partial charge in [-0.2, -0.15) is 0 Å². The van der Waals surface area contributed by atoms with Gasteiger partial charge in [0.1, 0.15) is 11.4 Å². The van der Waals surface area contributed by atoms with E-state index in [0.717, 1.165) is 22.3 Å². The van der Waals surface area contributed by atoms with E-state index in [2.05, 4.69) is 11.9 Å². The van der Waals surface area contributed by atoms with Gasteiger partial charge in [-0.05, 0) is 57.5 Å². The number of benzene rings is 1. The van der Waals surface area contributed by atoms with E-state index in [-0.39, 0.29) is 5.60 Å². The number of hydrogen-bond acceptors (Lipinski definition) is 3. The first-order valence-electron chi connectivity index (χ1n) is 6.18. The Labute approximate surface area is 108 Å². The highest BCUT2D eigenvalue weighted by molar-refractivity contribution is 5.83. The molecule has 3 nitrogen and oxygen atoms in total. The third-order valence-electron chi connectivity index (χ3n) is 2.67. The van der Waals surface area contributed by atoms with Crippen molar-refractivity contribution in [3.63, 3.8) is 0 Å². The summed E-state index contributed by atoms with van der Waals surface area (Å²) < 4.78 is 5.87. The molecular formula is C15H20N2O. The number of rotatable bonds is 2. The lowest BCUT2D eigenvalue weighted by Crippen LogP contribution is -2.22. The molecule has 0 aliphatic heterocycles. The van der Waals surface area contributed by atoms with Crippen LogP contribution in [-0.2, 0) is 6.54 Å². The summed E-state index contributed by atoms with van der Waals surface area (Å²) in [6, 6.07) is 8.02. The van der Waals surface area contributed by atoms with Crippen LogP contribution in [0.3, 0.4) is 0 Å². The van der Waals surface area contributed by atoms with E-state index in [0.29, 0.717) is 6.54 Å². The Morgan fingerprint density at radius 2 is 1.94 bits per heavy atom. The van der Waals surface area contributed by atoms with E-state index in [1.165, 1.54) is 5.56 Å². The van der Waals surface area contributed by atoms with Crippen molar-refractivity contribution in [1.29, 1.82) is 0 Å². The second kappa shape index (κ2) is 4.58. The number of nitrogens with two attached hydrogens (primary N) is 1. The lowest BCUT2D eigenvalue weighted by Gasteiger charge is -2.21. The van der Waals surface area contributed by atoms with Crippen molar-refractivity contribution in [2.24, 2.45) is 5.73 Å². The van der Waals surface area contributed by atoms with Gasteiger partial charge in [-0.25, -0.2) is 0 Å². The van der Waals surface area contributed by atoms with Crippen molar-refractivity contribution in [2.75, 3.05) is 0 Å². The molecule has 0 saturated heterocycles. The zero-order chi connectivity index (χ0) is 13.3. The van der Waals surface area contributed by atoms with Gasteiger partial charge in [-0.3, -0.25) is 4.98 Å². The summed E-state index contributed by atoms with van der Waals surface area (Å²) in [6.07, 6.45) is 0. The highest BCUT2D eigenvalue weighted by Crippen LogP contribution is 2.25. The lowest BCUT2D eigenvalue weighted by molar-refractivity contribution is 0.131. The van der Waals surface area contributed by atoms with Crippen LogP contribution in [0.25, 0.3) is 10.9 Å². The normalized spacial score (nSPS) is 11.8. The maximum atomic E-state index is 5.87. The van der Waals surface area contributed by atoms with Crippen LogP contribution in [0.5, 0.6) is 5.75 Å². The van der Waals surface area contributed by atoms with E-state index in [1.807, 2.05) is 45.0 Å². The van der Waals surface area contributed by atoms with E-state index < -0.39 is 0 Å². The molecular weight excluding hydrogens is 224 g/mol. The van der Waals surface area contributed by atoms with Crippen molar-refractivity contribution in [3.8, 4) is 5.75 Å². The first kappa shape index (κ1) is 12.8. The van der Waals surface area contributed by atoms with Gasteiger partial charge in [0, 0.05) is 11.9 Å². The highest BCUT2D eigenvalue weighted by Gasteiger charge is 2.12. The number of nitrogens with zero attached hydrogens (tertiary/aromatic N) is 1. The zero-order valence-electron chi connectivity index (χ0n) is 11.4. The number of aryl methyl sites for hydroxylation is 1. The molecule has 2 aromatic rings. The molecule has 96 valence electrons. The molecule has 0 fully saturated rings. The van der Waals surface area contributed by atoms with Crippen molar-refractivity contribution >= 4 is 10.9 Å². The standard InChI is InChI=1S/C15H20N2O/c1-10-7-11(9-16)17-14-6-5-12(8-13(10)14)18-15(2,3)4/h5-8H,9,16H2,1-4H3. The minimum absolute atomic E-state index is 0.188. The Hall–Kier alpha value is -1.61. The van der Waals surface area contributed by atoms with Crippen LogP contribution < -0.4 is 10.5 Å². The molecule has 2 rings (SSSR count). The number of fused-ring (bicyclic) bond motifs is 1. The second-order valence-electron chi connectivity index (χ2n) is 5.53. The van der Waals surface area contributed by atoms with Crippen LogP contribution in [0.2, 0.25) is 0 Å². The molecule has 0 saturated carbocycles. The van der Waals surface area contributed by atoms with Crippen LogP contribution in [0.15, 0.2) is 24.3 Å². The minimum Gasteiger partial charge on any atom is -0.488 e. The van der Waals surface area contributed by atoms with Crippen LogP contribution in [0, 0.1) is 6.92 Å². The minimum atomic E-state index is -0.188. The van der Waals surface area contributed by atoms with Gasteiger partial charge >= 0.3 is 0 Å². The SMILES string of the molecule is Cc1cc(CN)nc2ccc(OC(C)(C)C)cc12. The van der Waals surface area contributed by atoms with Crippen LogP contribution in [0.1, 0.15) is 32.0 Å². The number of pyridine rings is 1. The smallest absolute Gasteiger partial charge is 0.120 e. The highest BCUT2D eigenvalue weighted by atomic mass is 16.5. The molecule has 1 aromatic carbocycles. The summed E-state index contributed by atoms with van der Waals surface area (Å²) in [5, 5.41) is 1.12. The number of hydrogen-bond donors (Lipinski definition) is 1. The Balaban J connectivity index is 2.49.